The van der Waals surface area contributed by atoms with Crippen LogP contribution in [0.25, 0.3) is 0 Å². The highest BCUT2D eigenvalue weighted by molar-refractivity contribution is 6.08. The Morgan fingerprint density at radius 3 is 2.20 bits per heavy atom. The first-order valence-electron chi connectivity index (χ1n) is 2.47. The first kappa shape index (κ1) is 8.48. The van der Waals surface area contributed by atoms with E-state index in [1.54, 1.807) is 0 Å². The Hall–Kier alpha value is -1.52. The third-order valence-electron chi connectivity index (χ3n) is 0.861. The number of methoxy groups -OCH3 is 1. The molecule has 0 spiro atoms. The number of hydrogen-bond donors (Lipinski definition) is 3. The molecule has 0 amide bonds. The highest BCUT2D eigenvalue weighted by atomic mass is 16.5. The van der Waals surface area contributed by atoms with Crippen molar-refractivity contribution < 1.29 is 9.53 Å². The molecule has 0 unspecified atom stereocenters. The largest absolute Gasteiger partial charge is 0.465 e. The third-order valence-corrected chi connectivity index (χ3v) is 0.861. The lowest BCUT2D eigenvalue weighted by Crippen LogP contribution is -2.19. The molecule has 5 nitrogen and oxygen atoms in total. The molecule has 0 fully saturated rings. The van der Waals surface area contributed by atoms with Gasteiger partial charge in [-0.05, 0) is 0 Å². The van der Waals surface area contributed by atoms with Crippen LogP contribution in [0, 0.1) is 5.41 Å². The van der Waals surface area contributed by atoms with Crippen LogP contribution < -0.4 is 11.5 Å². The molecule has 0 aliphatic rings. The van der Waals surface area contributed by atoms with Crippen molar-refractivity contribution in [3.8, 4) is 0 Å². The summed E-state index contributed by atoms with van der Waals surface area (Å²) in [7, 11) is 1.19. The topological polar surface area (TPSA) is 102 Å². The Labute approximate surface area is 58.1 Å². The standard InChI is InChI=1S/C5H9N3O2/c1-10-5(9)3(2-6)4(7)8/h2,6H,7-8H2,1H3. The van der Waals surface area contributed by atoms with Gasteiger partial charge in [-0.25, -0.2) is 4.79 Å². The van der Waals surface area contributed by atoms with Crippen molar-refractivity contribution >= 4 is 12.2 Å². The van der Waals surface area contributed by atoms with E-state index in [1.807, 2.05) is 0 Å². The van der Waals surface area contributed by atoms with Crippen molar-refractivity contribution in [2.45, 2.75) is 0 Å². The Balaban J connectivity index is 4.53. The van der Waals surface area contributed by atoms with E-state index in [2.05, 4.69) is 4.74 Å². The van der Waals surface area contributed by atoms with Crippen LogP contribution in [0.4, 0.5) is 0 Å². The van der Waals surface area contributed by atoms with E-state index >= 15 is 0 Å². The first-order valence-corrected chi connectivity index (χ1v) is 2.47. The zero-order valence-corrected chi connectivity index (χ0v) is 5.55. The molecule has 0 aromatic rings. The second-order valence-corrected chi connectivity index (χ2v) is 1.50. The van der Waals surface area contributed by atoms with Gasteiger partial charge in [0.15, 0.2) is 0 Å². The maximum absolute atomic E-state index is 10.6. The van der Waals surface area contributed by atoms with Crippen LogP contribution in [0.15, 0.2) is 11.4 Å². The van der Waals surface area contributed by atoms with E-state index in [-0.39, 0.29) is 11.4 Å². The van der Waals surface area contributed by atoms with E-state index in [0.717, 1.165) is 6.21 Å². The maximum atomic E-state index is 10.6. The second kappa shape index (κ2) is 3.49. The van der Waals surface area contributed by atoms with E-state index in [9.17, 15) is 4.79 Å². The number of nitrogens with two attached hydrogens (primary N) is 2. The Morgan fingerprint density at radius 2 is 2.10 bits per heavy atom. The normalized spacial score (nSPS) is 8.10. The van der Waals surface area contributed by atoms with Crippen molar-refractivity contribution in [2.75, 3.05) is 7.11 Å². The SMILES string of the molecule is COC(=O)C(C=N)=C(N)N. The molecule has 0 aromatic heterocycles. The molecular weight excluding hydrogens is 134 g/mol. The van der Waals surface area contributed by atoms with E-state index < -0.39 is 5.97 Å². The molecule has 5 heteroatoms. The maximum Gasteiger partial charge on any atom is 0.343 e. The minimum absolute atomic E-state index is 0.123. The van der Waals surface area contributed by atoms with Crippen LogP contribution >= 0.6 is 0 Å². The molecule has 0 aromatic carbocycles. The molecule has 0 radical (unpaired) electrons. The highest BCUT2D eigenvalue weighted by Crippen LogP contribution is 1.92. The van der Waals surface area contributed by atoms with Crippen molar-refractivity contribution in [3.63, 3.8) is 0 Å². The van der Waals surface area contributed by atoms with Crippen LogP contribution in [0.2, 0.25) is 0 Å². The highest BCUT2D eigenvalue weighted by Gasteiger charge is 2.08. The summed E-state index contributed by atoms with van der Waals surface area (Å²) in [6, 6.07) is 0. The summed E-state index contributed by atoms with van der Waals surface area (Å²) < 4.78 is 4.26. The van der Waals surface area contributed by atoms with Crippen LogP contribution in [-0.4, -0.2) is 19.3 Å². The van der Waals surface area contributed by atoms with Gasteiger partial charge in [-0.2, -0.15) is 0 Å². The zero-order chi connectivity index (χ0) is 8.15. The van der Waals surface area contributed by atoms with E-state index in [0.29, 0.717) is 0 Å². The number of esters is 1. The number of ether oxygens (including phenoxy) is 1. The van der Waals surface area contributed by atoms with Crippen molar-refractivity contribution in [2.24, 2.45) is 11.5 Å². The van der Waals surface area contributed by atoms with Crippen molar-refractivity contribution in [3.05, 3.63) is 11.4 Å². The van der Waals surface area contributed by atoms with Gasteiger partial charge in [-0.3, -0.25) is 0 Å². The average molecular weight is 143 g/mol. The number of hydrogen-bond acceptors (Lipinski definition) is 5. The summed E-state index contributed by atoms with van der Waals surface area (Å²) >= 11 is 0. The molecule has 0 heterocycles. The quantitative estimate of drug-likeness (QED) is 0.260. The number of carbonyl (C=O) groups is 1. The Morgan fingerprint density at radius 1 is 1.60 bits per heavy atom. The summed E-state index contributed by atoms with van der Waals surface area (Å²) in [6.07, 6.45) is 0.751. The summed E-state index contributed by atoms with van der Waals surface area (Å²) in [5.41, 5.74) is 9.94. The minimum atomic E-state index is -0.699. The van der Waals surface area contributed by atoms with Gasteiger partial charge in [0.1, 0.15) is 11.4 Å². The minimum Gasteiger partial charge on any atom is -0.465 e. The number of rotatable bonds is 2. The summed E-state index contributed by atoms with van der Waals surface area (Å²) in [6.45, 7) is 0. The molecule has 10 heavy (non-hydrogen) atoms. The molecule has 56 valence electrons. The van der Waals surface area contributed by atoms with Gasteiger partial charge in [0.25, 0.3) is 0 Å². The fourth-order valence-corrected chi connectivity index (χ4v) is 0.370. The summed E-state index contributed by atoms with van der Waals surface area (Å²) in [5.74, 6) is -0.906. The Bertz CT molecular complexity index is 181. The number of nitrogens with one attached hydrogen (secondary N) is 1. The molecule has 0 saturated heterocycles. The van der Waals surface area contributed by atoms with E-state index in [4.69, 9.17) is 16.9 Å². The molecule has 0 aliphatic heterocycles. The first-order chi connectivity index (χ1) is 4.63. The van der Waals surface area contributed by atoms with Crippen LogP contribution in [0.5, 0.6) is 0 Å². The van der Waals surface area contributed by atoms with Gasteiger partial charge in [-0.1, -0.05) is 0 Å². The predicted octanol–water partition coefficient (Wildman–Crippen LogP) is -1.06. The molecule has 0 atom stereocenters. The monoisotopic (exact) mass is 143 g/mol. The Kier molecular flexibility index (Phi) is 2.96. The zero-order valence-electron chi connectivity index (χ0n) is 5.55. The van der Waals surface area contributed by atoms with Crippen molar-refractivity contribution in [1.82, 2.24) is 0 Å². The van der Waals surface area contributed by atoms with Crippen molar-refractivity contribution in [1.29, 1.82) is 5.41 Å². The third kappa shape index (κ3) is 1.77. The van der Waals surface area contributed by atoms with E-state index in [1.165, 1.54) is 7.11 Å². The lowest BCUT2D eigenvalue weighted by Gasteiger charge is -1.98. The molecular formula is C5H9N3O2. The average Bonchev–Trinajstić information content (AvgIpc) is 1.88. The van der Waals surface area contributed by atoms with Gasteiger partial charge < -0.3 is 21.6 Å². The summed E-state index contributed by atoms with van der Waals surface area (Å²) in [5, 5.41) is 6.68. The molecule has 5 N–H and O–H groups in total. The predicted molar refractivity (Wildman–Crippen MR) is 36.2 cm³/mol. The number of carbonyl (C=O) groups excluding carboxylic acids is 1. The van der Waals surface area contributed by atoms with Gasteiger partial charge in [0.05, 0.1) is 7.11 Å². The van der Waals surface area contributed by atoms with Gasteiger partial charge in [-0.15, -0.1) is 0 Å². The van der Waals surface area contributed by atoms with Gasteiger partial charge in [0.2, 0.25) is 0 Å². The smallest absolute Gasteiger partial charge is 0.343 e. The van der Waals surface area contributed by atoms with Crippen LogP contribution in [0.1, 0.15) is 0 Å². The second-order valence-electron chi connectivity index (χ2n) is 1.50. The fourth-order valence-electron chi connectivity index (χ4n) is 0.370. The van der Waals surface area contributed by atoms with Gasteiger partial charge in [0, 0.05) is 6.21 Å². The summed E-state index contributed by atoms with van der Waals surface area (Å²) in [4.78, 5) is 10.6. The molecule has 0 bridgehead atoms. The molecule has 0 saturated carbocycles. The lowest BCUT2D eigenvalue weighted by atomic mass is 10.3. The molecule has 0 aliphatic carbocycles. The molecule has 0 rings (SSSR count). The fraction of sp³-hybridized carbons (Fsp3) is 0.200. The van der Waals surface area contributed by atoms with Crippen LogP contribution in [-0.2, 0) is 9.53 Å². The van der Waals surface area contributed by atoms with Crippen LogP contribution in [0.3, 0.4) is 0 Å². The van der Waals surface area contributed by atoms with Gasteiger partial charge >= 0.3 is 5.97 Å². The lowest BCUT2D eigenvalue weighted by molar-refractivity contribution is -0.135.